The normalized spacial score (nSPS) is 24.8. The third-order valence-electron chi connectivity index (χ3n) is 3.25. The van der Waals surface area contributed by atoms with Crippen LogP contribution < -0.4 is 15.4 Å². The maximum absolute atomic E-state index is 10.1. The van der Waals surface area contributed by atoms with Gasteiger partial charge in [0.2, 0.25) is 0 Å². The quantitative estimate of drug-likeness (QED) is 0.766. The molecular formula is C13H20N2O2. The Bertz CT molecular complexity index is 404. The summed E-state index contributed by atoms with van der Waals surface area (Å²) in [5.74, 6) is 0.759. The summed E-state index contributed by atoms with van der Waals surface area (Å²) in [6, 6.07) is 5.67. The van der Waals surface area contributed by atoms with Crippen molar-refractivity contribution in [3.63, 3.8) is 0 Å². The maximum atomic E-state index is 10.1. The summed E-state index contributed by atoms with van der Waals surface area (Å²) in [6.45, 7) is 3.44. The third-order valence-corrected chi connectivity index (χ3v) is 3.25. The van der Waals surface area contributed by atoms with Crippen molar-refractivity contribution in [3.05, 3.63) is 18.2 Å². The second-order valence-electron chi connectivity index (χ2n) is 4.95. The Kier molecular flexibility index (Phi) is 3.15. The number of nitrogens with zero attached hydrogens (tertiary/aromatic N) is 1. The molecule has 3 N–H and O–H groups in total. The molecule has 0 radical (unpaired) electrons. The van der Waals surface area contributed by atoms with Crippen LogP contribution in [-0.4, -0.2) is 30.9 Å². The zero-order valence-corrected chi connectivity index (χ0v) is 10.4. The number of rotatable bonds is 2. The molecule has 1 fully saturated rings. The minimum atomic E-state index is -0.620. The molecule has 1 aliphatic heterocycles. The molecule has 1 saturated heterocycles. The Balaban J connectivity index is 2.22. The number of aliphatic hydroxyl groups is 1. The van der Waals surface area contributed by atoms with Gasteiger partial charge >= 0.3 is 0 Å². The van der Waals surface area contributed by atoms with Crippen molar-refractivity contribution in [2.24, 2.45) is 0 Å². The SMILES string of the molecule is COc1ccc(N2CCCC(C)(O)C2)c(N)c1. The first-order chi connectivity index (χ1) is 8.02. The van der Waals surface area contributed by atoms with E-state index in [0.29, 0.717) is 12.2 Å². The van der Waals surface area contributed by atoms with Crippen LogP contribution in [0.3, 0.4) is 0 Å². The Hall–Kier alpha value is -1.42. The van der Waals surface area contributed by atoms with Crippen molar-refractivity contribution in [1.82, 2.24) is 0 Å². The molecular weight excluding hydrogens is 216 g/mol. The zero-order chi connectivity index (χ0) is 12.5. The summed E-state index contributed by atoms with van der Waals surface area (Å²) in [5, 5.41) is 10.1. The van der Waals surface area contributed by atoms with E-state index < -0.39 is 5.60 Å². The van der Waals surface area contributed by atoms with Crippen LogP contribution in [0, 0.1) is 0 Å². The molecule has 1 aromatic carbocycles. The molecule has 0 spiro atoms. The van der Waals surface area contributed by atoms with E-state index in [9.17, 15) is 5.11 Å². The summed E-state index contributed by atoms with van der Waals surface area (Å²) < 4.78 is 5.13. The first kappa shape index (κ1) is 12.0. The van der Waals surface area contributed by atoms with Crippen molar-refractivity contribution in [2.45, 2.75) is 25.4 Å². The second-order valence-corrected chi connectivity index (χ2v) is 4.95. The number of hydrogen-bond donors (Lipinski definition) is 2. The fraction of sp³-hybridized carbons (Fsp3) is 0.538. The van der Waals surface area contributed by atoms with Gasteiger partial charge in [0.15, 0.2) is 0 Å². The molecule has 94 valence electrons. The van der Waals surface area contributed by atoms with Crippen LogP contribution in [-0.2, 0) is 0 Å². The van der Waals surface area contributed by atoms with E-state index in [0.717, 1.165) is 30.8 Å². The minimum Gasteiger partial charge on any atom is -0.497 e. The number of nitrogens with two attached hydrogens (primary N) is 1. The topological polar surface area (TPSA) is 58.7 Å². The molecule has 0 bridgehead atoms. The molecule has 17 heavy (non-hydrogen) atoms. The van der Waals surface area contributed by atoms with E-state index >= 15 is 0 Å². The van der Waals surface area contributed by atoms with Crippen molar-refractivity contribution in [3.8, 4) is 5.75 Å². The van der Waals surface area contributed by atoms with Crippen LogP contribution in [0.1, 0.15) is 19.8 Å². The average molecular weight is 236 g/mol. The molecule has 0 aliphatic carbocycles. The Labute approximate surface area is 102 Å². The van der Waals surface area contributed by atoms with E-state index in [1.54, 1.807) is 7.11 Å². The standard InChI is InChI=1S/C13H20N2O2/c1-13(16)6-3-7-15(9-13)12-5-4-10(17-2)8-11(12)14/h4-5,8,16H,3,6-7,9,14H2,1-2H3. The van der Waals surface area contributed by atoms with Gasteiger partial charge in [-0.1, -0.05) is 0 Å². The lowest BCUT2D eigenvalue weighted by Crippen LogP contribution is -2.46. The Morgan fingerprint density at radius 2 is 2.24 bits per heavy atom. The van der Waals surface area contributed by atoms with Gasteiger partial charge in [-0.05, 0) is 31.9 Å². The highest BCUT2D eigenvalue weighted by Crippen LogP contribution is 2.31. The van der Waals surface area contributed by atoms with Crippen LogP contribution in [0.25, 0.3) is 0 Å². The van der Waals surface area contributed by atoms with E-state index in [2.05, 4.69) is 4.90 Å². The van der Waals surface area contributed by atoms with E-state index in [-0.39, 0.29) is 0 Å². The third kappa shape index (κ3) is 2.64. The van der Waals surface area contributed by atoms with Gasteiger partial charge in [0.05, 0.1) is 24.1 Å². The lowest BCUT2D eigenvalue weighted by molar-refractivity contribution is 0.0450. The summed E-state index contributed by atoms with van der Waals surface area (Å²) in [4.78, 5) is 2.14. The molecule has 4 heteroatoms. The van der Waals surface area contributed by atoms with E-state index in [1.165, 1.54) is 0 Å². The predicted molar refractivity (Wildman–Crippen MR) is 69.5 cm³/mol. The number of anilines is 2. The number of hydrogen-bond acceptors (Lipinski definition) is 4. The first-order valence-corrected chi connectivity index (χ1v) is 5.93. The molecule has 1 aromatic rings. The molecule has 1 atom stereocenters. The molecule has 0 amide bonds. The lowest BCUT2D eigenvalue weighted by atomic mass is 9.94. The molecule has 1 aliphatic rings. The summed E-state index contributed by atoms with van der Waals surface area (Å²) in [6.07, 6.45) is 1.83. The summed E-state index contributed by atoms with van der Waals surface area (Å²) in [5.41, 5.74) is 7.07. The van der Waals surface area contributed by atoms with Crippen molar-refractivity contribution >= 4 is 11.4 Å². The Morgan fingerprint density at radius 1 is 1.47 bits per heavy atom. The van der Waals surface area contributed by atoms with Gasteiger partial charge < -0.3 is 20.5 Å². The maximum Gasteiger partial charge on any atom is 0.121 e. The Morgan fingerprint density at radius 3 is 2.82 bits per heavy atom. The van der Waals surface area contributed by atoms with Gasteiger partial charge in [0.1, 0.15) is 5.75 Å². The monoisotopic (exact) mass is 236 g/mol. The van der Waals surface area contributed by atoms with Crippen molar-refractivity contribution in [1.29, 1.82) is 0 Å². The fourth-order valence-electron chi connectivity index (χ4n) is 2.37. The predicted octanol–water partition coefficient (Wildman–Crippen LogP) is 1.63. The molecule has 4 nitrogen and oxygen atoms in total. The minimum absolute atomic E-state index is 0.620. The van der Waals surface area contributed by atoms with Crippen molar-refractivity contribution in [2.75, 3.05) is 30.8 Å². The van der Waals surface area contributed by atoms with E-state index in [4.69, 9.17) is 10.5 Å². The van der Waals surface area contributed by atoms with Crippen LogP contribution >= 0.6 is 0 Å². The second kappa shape index (κ2) is 4.45. The number of benzene rings is 1. The van der Waals surface area contributed by atoms with Crippen LogP contribution in [0.15, 0.2) is 18.2 Å². The number of methoxy groups -OCH3 is 1. The molecule has 1 unspecified atom stereocenters. The van der Waals surface area contributed by atoms with E-state index in [1.807, 2.05) is 25.1 Å². The average Bonchev–Trinajstić information content (AvgIpc) is 2.27. The highest BCUT2D eigenvalue weighted by Gasteiger charge is 2.29. The zero-order valence-electron chi connectivity index (χ0n) is 10.4. The fourth-order valence-corrected chi connectivity index (χ4v) is 2.37. The summed E-state index contributed by atoms with van der Waals surface area (Å²) >= 11 is 0. The van der Waals surface area contributed by atoms with Crippen molar-refractivity contribution < 1.29 is 9.84 Å². The highest BCUT2D eigenvalue weighted by molar-refractivity contribution is 5.69. The highest BCUT2D eigenvalue weighted by atomic mass is 16.5. The van der Waals surface area contributed by atoms with Crippen LogP contribution in [0.2, 0.25) is 0 Å². The number of ether oxygens (including phenoxy) is 1. The van der Waals surface area contributed by atoms with Gasteiger partial charge in [-0.3, -0.25) is 0 Å². The van der Waals surface area contributed by atoms with Gasteiger partial charge in [-0.25, -0.2) is 0 Å². The smallest absolute Gasteiger partial charge is 0.121 e. The van der Waals surface area contributed by atoms with Gasteiger partial charge in [0, 0.05) is 19.2 Å². The van der Waals surface area contributed by atoms with Crippen LogP contribution in [0.5, 0.6) is 5.75 Å². The number of nitrogen functional groups attached to an aromatic ring is 1. The molecule has 0 aromatic heterocycles. The molecule has 0 saturated carbocycles. The van der Waals surface area contributed by atoms with Gasteiger partial charge in [-0.15, -0.1) is 0 Å². The number of piperidine rings is 1. The molecule has 2 rings (SSSR count). The lowest BCUT2D eigenvalue weighted by Gasteiger charge is -2.38. The summed E-state index contributed by atoms with van der Waals surface area (Å²) in [7, 11) is 1.63. The number of β-amino-alcohol motifs (C(OH)–C–C–N with tert-alkyl or cyclic N) is 1. The molecule has 1 heterocycles. The first-order valence-electron chi connectivity index (χ1n) is 5.93. The van der Waals surface area contributed by atoms with Gasteiger partial charge in [-0.2, -0.15) is 0 Å². The van der Waals surface area contributed by atoms with Gasteiger partial charge in [0.25, 0.3) is 0 Å². The largest absolute Gasteiger partial charge is 0.497 e. The van der Waals surface area contributed by atoms with Crippen LogP contribution in [0.4, 0.5) is 11.4 Å².